The largest absolute Gasteiger partial charge is 0.497 e. The Morgan fingerprint density at radius 2 is 1.94 bits per heavy atom. The number of likely N-dealkylation sites (tertiary alicyclic amines) is 1. The predicted molar refractivity (Wildman–Crippen MR) is 130 cm³/mol. The average molecular weight is 474 g/mol. The Kier molecular flexibility index (Phi) is 5.21. The Bertz CT molecular complexity index is 1230. The van der Waals surface area contributed by atoms with E-state index in [1.165, 1.54) is 0 Å². The molecule has 9 heteroatoms. The van der Waals surface area contributed by atoms with Gasteiger partial charge in [0.05, 0.1) is 37.9 Å². The van der Waals surface area contributed by atoms with Gasteiger partial charge < -0.3 is 24.6 Å². The first-order valence-corrected chi connectivity index (χ1v) is 11.7. The fourth-order valence-electron chi connectivity index (χ4n) is 5.25. The van der Waals surface area contributed by atoms with Crippen LogP contribution in [0.15, 0.2) is 60.9 Å². The summed E-state index contributed by atoms with van der Waals surface area (Å²) < 4.78 is 10.6. The summed E-state index contributed by atoms with van der Waals surface area (Å²) in [6, 6.07) is 15.1. The van der Waals surface area contributed by atoms with Crippen LogP contribution in [0.1, 0.15) is 0 Å². The Morgan fingerprint density at radius 3 is 2.60 bits per heavy atom. The molecule has 0 bridgehead atoms. The summed E-state index contributed by atoms with van der Waals surface area (Å²) in [4.78, 5) is 30.2. The molecule has 4 heterocycles. The third kappa shape index (κ3) is 3.72. The van der Waals surface area contributed by atoms with Gasteiger partial charge >= 0.3 is 0 Å². The SMILES string of the molecule is COc1cccc(NC2C(=O)N(c3ccc(-c4cn[nH]c4)cc3)CC23CN(C(=O)C2COC2)C3)c1. The number of aromatic nitrogens is 2. The van der Waals surface area contributed by atoms with Crippen molar-refractivity contribution in [2.75, 3.05) is 50.2 Å². The number of methoxy groups -OCH3 is 1. The van der Waals surface area contributed by atoms with E-state index in [1.807, 2.05) is 64.5 Å². The third-order valence-corrected chi connectivity index (χ3v) is 7.30. The van der Waals surface area contributed by atoms with Gasteiger partial charge in [-0.1, -0.05) is 18.2 Å². The van der Waals surface area contributed by atoms with Crippen molar-refractivity contribution in [1.82, 2.24) is 15.1 Å². The number of nitrogens with one attached hydrogen (secondary N) is 2. The van der Waals surface area contributed by atoms with Crippen LogP contribution in [0.2, 0.25) is 0 Å². The maximum absolute atomic E-state index is 13.8. The van der Waals surface area contributed by atoms with Crippen LogP contribution in [-0.2, 0) is 14.3 Å². The van der Waals surface area contributed by atoms with Crippen LogP contribution in [-0.4, -0.2) is 72.9 Å². The number of carbonyl (C=O) groups is 2. The smallest absolute Gasteiger partial charge is 0.250 e. The summed E-state index contributed by atoms with van der Waals surface area (Å²) in [6.07, 6.45) is 3.61. The molecule has 3 aliphatic heterocycles. The lowest BCUT2D eigenvalue weighted by Gasteiger charge is -2.51. The molecule has 2 N–H and O–H groups in total. The van der Waals surface area contributed by atoms with Crippen LogP contribution in [0, 0.1) is 11.3 Å². The molecule has 180 valence electrons. The van der Waals surface area contributed by atoms with E-state index < -0.39 is 6.04 Å². The van der Waals surface area contributed by atoms with E-state index in [-0.39, 0.29) is 23.1 Å². The van der Waals surface area contributed by atoms with Gasteiger partial charge in [-0.15, -0.1) is 0 Å². The zero-order valence-electron chi connectivity index (χ0n) is 19.4. The molecule has 6 rings (SSSR count). The fourth-order valence-corrected chi connectivity index (χ4v) is 5.25. The van der Waals surface area contributed by atoms with Crippen LogP contribution in [0.25, 0.3) is 11.1 Å². The summed E-state index contributed by atoms with van der Waals surface area (Å²) in [5, 5.41) is 10.3. The first kappa shape index (κ1) is 21.7. The van der Waals surface area contributed by atoms with E-state index in [1.54, 1.807) is 13.3 Å². The highest BCUT2D eigenvalue weighted by atomic mass is 16.5. The fraction of sp³-hybridized carbons (Fsp3) is 0.346. The van der Waals surface area contributed by atoms with Crippen molar-refractivity contribution in [3.8, 4) is 16.9 Å². The molecule has 0 aliphatic carbocycles. The van der Waals surface area contributed by atoms with Crippen molar-refractivity contribution >= 4 is 23.2 Å². The molecule has 2 aromatic carbocycles. The molecule has 3 aromatic rings. The van der Waals surface area contributed by atoms with Gasteiger partial charge in [-0.3, -0.25) is 14.7 Å². The zero-order chi connectivity index (χ0) is 24.0. The molecule has 3 saturated heterocycles. The van der Waals surface area contributed by atoms with Gasteiger partial charge in [0.2, 0.25) is 11.8 Å². The molecule has 1 spiro atoms. The minimum absolute atomic E-state index is 0.00274. The highest BCUT2D eigenvalue weighted by molar-refractivity contribution is 6.03. The monoisotopic (exact) mass is 473 g/mol. The van der Waals surface area contributed by atoms with Crippen molar-refractivity contribution in [3.63, 3.8) is 0 Å². The van der Waals surface area contributed by atoms with Gasteiger partial charge in [-0.05, 0) is 29.8 Å². The molecule has 1 unspecified atom stereocenters. The minimum atomic E-state index is -0.454. The van der Waals surface area contributed by atoms with Gasteiger partial charge in [0.1, 0.15) is 11.8 Å². The quantitative estimate of drug-likeness (QED) is 0.570. The molecular formula is C26H27N5O4. The zero-order valence-corrected chi connectivity index (χ0v) is 19.4. The van der Waals surface area contributed by atoms with E-state index in [2.05, 4.69) is 15.5 Å². The second-order valence-corrected chi connectivity index (χ2v) is 9.56. The van der Waals surface area contributed by atoms with Crippen LogP contribution < -0.4 is 15.0 Å². The van der Waals surface area contributed by atoms with Gasteiger partial charge in [-0.2, -0.15) is 5.10 Å². The number of H-pyrrole nitrogens is 1. The number of aromatic amines is 1. The number of benzene rings is 2. The van der Waals surface area contributed by atoms with Crippen molar-refractivity contribution in [2.45, 2.75) is 6.04 Å². The van der Waals surface area contributed by atoms with E-state index in [4.69, 9.17) is 9.47 Å². The normalized spacial score (nSPS) is 21.1. The Balaban J connectivity index is 1.26. The highest BCUT2D eigenvalue weighted by Gasteiger charge is 2.60. The highest BCUT2D eigenvalue weighted by Crippen LogP contribution is 2.44. The summed E-state index contributed by atoms with van der Waals surface area (Å²) in [6.45, 7) is 2.60. The molecule has 0 radical (unpaired) electrons. The second-order valence-electron chi connectivity index (χ2n) is 9.56. The third-order valence-electron chi connectivity index (χ3n) is 7.30. The molecule has 1 aromatic heterocycles. The van der Waals surface area contributed by atoms with Crippen molar-refractivity contribution in [2.24, 2.45) is 11.3 Å². The summed E-state index contributed by atoms with van der Waals surface area (Å²) in [5.41, 5.74) is 3.30. The lowest BCUT2D eigenvalue weighted by atomic mass is 9.74. The molecule has 0 saturated carbocycles. The van der Waals surface area contributed by atoms with E-state index in [0.29, 0.717) is 32.8 Å². The number of anilines is 2. The molecule has 9 nitrogen and oxygen atoms in total. The average Bonchev–Trinajstić information content (AvgIpc) is 3.45. The van der Waals surface area contributed by atoms with E-state index >= 15 is 0 Å². The summed E-state index contributed by atoms with van der Waals surface area (Å²) in [5.74, 6) is 0.790. The Labute approximate surface area is 203 Å². The molecule has 2 amide bonds. The van der Waals surface area contributed by atoms with Crippen molar-refractivity contribution in [3.05, 3.63) is 60.9 Å². The number of ether oxygens (including phenoxy) is 2. The topological polar surface area (TPSA) is 99.8 Å². The van der Waals surface area contributed by atoms with E-state index in [0.717, 1.165) is 28.3 Å². The maximum atomic E-state index is 13.8. The Hall–Kier alpha value is -3.85. The van der Waals surface area contributed by atoms with Crippen LogP contribution in [0.4, 0.5) is 11.4 Å². The molecule has 3 aliphatic rings. The Morgan fingerprint density at radius 1 is 1.14 bits per heavy atom. The van der Waals surface area contributed by atoms with Crippen LogP contribution in [0.3, 0.4) is 0 Å². The predicted octanol–water partition coefficient (Wildman–Crippen LogP) is 2.39. The molecule has 3 fully saturated rings. The first-order chi connectivity index (χ1) is 17.1. The lowest BCUT2D eigenvalue weighted by Crippen LogP contribution is -2.67. The molecule has 35 heavy (non-hydrogen) atoms. The number of hydrogen-bond donors (Lipinski definition) is 2. The number of carbonyl (C=O) groups excluding carboxylic acids is 2. The van der Waals surface area contributed by atoms with Crippen LogP contribution in [0.5, 0.6) is 5.75 Å². The lowest BCUT2D eigenvalue weighted by molar-refractivity contribution is -0.161. The van der Waals surface area contributed by atoms with Crippen LogP contribution >= 0.6 is 0 Å². The van der Waals surface area contributed by atoms with Gasteiger partial charge in [0, 0.05) is 48.8 Å². The number of nitrogens with zero attached hydrogens (tertiary/aromatic N) is 3. The molecular weight excluding hydrogens is 446 g/mol. The molecule has 1 atom stereocenters. The van der Waals surface area contributed by atoms with Gasteiger partial charge in [0.25, 0.3) is 0 Å². The second kappa shape index (κ2) is 8.42. The first-order valence-electron chi connectivity index (χ1n) is 11.7. The number of hydrogen-bond acceptors (Lipinski definition) is 6. The summed E-state index contributed by atoms with van der Waals surface area (Å²) >= 11 is 0. The van der Waals surface area contributed by atoms with Gasteiger partial charge in [-0.25, -0.2) is 0 Å². The minimum Gasteiger partial charge on any atom is -0.497 e. The standard InChI is InChI=1S/C26H27N5O4/c1-34-22-4-2-3-20(9-22)29-23-25(33)31(21-7-5-17(6-8-21)18-10-27-28-11-18)16-26(23)14-30(15-26)24(32)19-12-35-13-19/h2-11,19,23,29H,12-16H2,1H3,(H,27,28). The van der Waals surface area contributed by atoms with E-state index in [9.17, 15) is 9.59 Å². The van der Waals surface area contributed by atoms with Crippen molar-refractivity contribution in [1.29, 1.82) is 0 Å². The maximum Gasteiger partial charge on any atom is 0.250 e. The number of amides is 2. The summed E-state index contributed by atoms with van der Waals surface area (Å²) in [7, 11) is 1.62. The van der Waals surface area contributed by atoms with Gasteiger partial charge in [0.15, 0.2) is 0 Å². The number of rotatable bonds is 6. The van der Waals surface area contributed by atoms with Crippen molar-refractivity contribution < 1.29 is 19.1 Å².